The SMILES string of the molecule is Cc1ccc2c(c1)c1cc(C)cc3c1n2-c1ccccc1B3n1c2c(C#N)cccc2c2cccc(C#N)c21. The number of para-hydroxylation sites is 3. The quantitative estimate of drug-likeness (QED) is 0.254. The number of benzene rings is 5. The van der Waals surface area contributed by atoms with Crippen molar-refractivity contribution in [2.75, 3.05) is 0 Å². The Kier molecular flexibility index (Phi) is 4.27. The molecule has 1 aliphatic rings. The predicted octanol–water partition coefficient (Wildman–Crippen LogP) is 6.22. The van der Waals surface area contributed by atoms with Crippen molar-refractivity contribution in [3.05, 3.63) is 113 Å². The first-order valence-corrected chi connectivity index (χ1v) is 13.1. The third-order valence-electron chi connectivity index (χ3n) is 8.30. The molecule has 0 radical (unpaired) electrons. The summed E-state index contributed by atoms with van der Waals surface area (Å²) in [6, 6.07) is 36.5. The maximum atomic E-state index is 10.2. The van der Waals surface area contributed by atoms with Gasteiger partial charge in [-0.3, -0.25) is 0 Å². The molecule has 0 fully saturated rings. The Morgan fingerprint density at radius 2 is 1.26 bits per heavy atom. The van der Waals surface area contributed by atoms with Crippen LogP contribution in [0.2, 0.25) is 0 Å². The van der Waals surface area contributed by atoms with Gasteiger partial charge in [0, 0.05) is 27.2 Å². The van der Waals surface area contributed by atoms with Crippen molar-refractivity contribution < 1.29 is 0 Å². The van der Waals surface area contributed by atoms with E-state index in [0.29, 0.717) is 11.1 Å². The first-order valence-electron chi connectivity index (χ1n) is 13.1. The van der Waals surface area contributed by atoms with E-state index in [0.717, 1.165) is 33.0 Å². The molecule has 1 aliphatic heterocycles. The lowest BCUT2D eigenvalue weighted by Gasteiger charge is -2.29. The fraction of sp³-hybridized carbons (Fsp3) is 0.0588. The predicted molar refractivity (Wildman–Crippen MR) is 160 cm³/mol. The van der Waals surface area contributed by atoms with E-state index in [1.807, 2.05) is 24.3 Å². The number of nitriles is 2. The highest BCUT2D eigenvalue weighted by Crippen LogP contribution is 2.38. The molecule has 0 bridgehead atoms. The summed E-state index contributed by atoms with van der Waals surface area (Å²) in [6.45, 7) is 4.07. The largest absolute Gasteiger partial charge is 0.374 e. The van der Waals surface area contributed by atoms with Gasteiger partial charge in [-0.15, -0.1) is 0 Å². The first-order chi connectivity index (χ1) is 19.1. The van der Waals surface area contributed by atoms with Gasteiger partial charge in [-0.05, 0) is 61.2 Å². The van der Waals surface area contributed by atoms with E-state index >= 15 is 0 Å². The molecule has 3 heterocycles. The fourth-order valence-electron chi connectivity index (χ4n) is 6.86. The van der Waals surface area contributed by atoms with Gasteiger partial charge in [0.05, 0.1) is 33.2 Å². The molecule has 7 aromatic rings. The van der Waals surface area contributed by atoms with Crippen LogP contribution in [0.15, 0.2) is 91.0 Å². The van der Waals surface area contributed by atoms with Crippen LogP contribution in [0.25, 0.3) is 49.3 Å². The Morgan fingerprint density at radius 3 is 1.95 bits per heavy atom. The minimum Gasteiger partial charge on any atom is -0.374 e. The summed E-state index contributed by atoms with van der Waals surface area (Å²) in [7, 11) is 0. The summed E-state index contributed by atoms with van der Waals surface area (Å²) >= 11 is 0. The molecule has 180 valence electrons. The summed E-state index contributed by atoms with van der Waals surface area (Å²) < 4.78 is 4.66. The molecule has 8 rings (SSSR count). The lowest BCUT2D eigenvalue weighted by atomic mass is 9.48. The van der Waals surface area contributed by atoms with Crippen LogP contribution in [0.5, 0.6) is 0 Å². The number of aromatic nitrogens is 2. The zero-order chi connectivity index (χ0) is 26.4. The van der Waals surface area contributed by atoms with Gasteiger partial charge in [0.15, 0.2) is 0 Å². The smallest absolute Gasteiger partial charge is 0.332 e. The third-order valence-corrected chi connectivity index (χ3v) is 8.30. The average Bonchev–Trinajstić information content (AvgIpc) is 3.46. The molecule has 2 aromatic heterocycles. The maximum Gasteiger partial charge on any atom is 0.332 e. The van der Waals surface area contributed by atoms with Gasteiger partial charge in [-0.1, -0.05) is 65.7 Å². The van der Waals surface area contributed by atoms with Crippen molar-refractivity contribution in [2.24, 2.45) is 0 Å². The van der Waals surface area contributed by atoms with Crippen molar-refractivity contribution in [2.45, 2.75) is 13.8 Å². The van der Waals surface area contributed by atoms with Crippen LogP contribution >= 0.6 is 0 Å². The van der Waals surface area contributed by atoms with Crippen LogP contribution in [0.3, 0.4) is 0 Å². The van der Waals surface area contributed by atoms with Crippen LogP contribution in [-0.2, 0) is 0 Å². The van der Waals surface area contributed by atoms with Crippen molar-refractivity contribution in [1.82, 2.24) is 9.05 Å². The second-order valence-electron chi connectivity index (χ2n) is 10.6. The van der Waals surface area contributed by atoms with Crippen molar-refractivity contribution in [3.8, 4) is 17.8 Å². The highest BCUT2D eigenvalue weighted by molar-refractivity contribution is 6.88. The molecule has 0 atom stereocenters. The van der Waals surface area contributed by atoms with Crippen LogP contribution in [0.4, 0.5) is 0 Å². The number of hydrogen-bond donors (Lipinski definition) is 0. The average molecular weight is 496 g/mol. The molecule has 39 heavy (non-hydrogen) atoms. The Bertz CT molecular complexity index is 2220. The molecule has 0 amide bonds. The molecular formula is C34H21BN4. The lowest BCUT2D eigenvalue weighted by molar-refractivity contribution is 1.17. The van der Waals surface area contributed by atoms with Crippen molar-refractivity contribution >= 4 is 61.4 Å². The van der Waals surface area contributed by atoms with Gasteiger partial charge in [0.1, 0.15) is 12.1 Å². The second kappa shape index (κ2) is 7.63. The van der Waals surface area contributed by atoms with Gasteiger partial charge in [0.25, 0.3) is 0 Å². The Balaban J connectivity index is 1.65. The van der Waals surface area contributed by atoms with E-state index < -0.39 is 0 Å². The van der Waals surface area contributed by atoms with Crippen LogP contribution in [0.1, 0.15) is 22.3 Å². The fourth-order valence-corrected chi connectivity index (χ4v) is 6.86. The topological polar surface area (TPSA) is 57.4 Å². The number of hydrogen-bond acceptors (Lipinski definition) is 2. The summed E-state index contributed by atoms with van der Waals surface area (Å²) in [4.78, 5) is 0. The molecule has 0 unspecified atom stereocenters. The lowest BCUT2D eigenvalue weighted by Crippen LogP contribution is -2.53. The summed E-state index contributed by atoms with van der Waals surface area (Å²) in [6.07, 6.45) is 0. The summed E-state index contributed by atoms with van der Waals surface area (Å²) in [5.41, 5.74) is 11.2. The van der Waals surface area contributed by atoms with Crippen LogP contribution < -0.4 is 10.9 Å². The van der Waals surface area contributed by atoms with E-state index in [9.17, 15) is 10.5 Å². The van der Waals surface area contributed by atoms with Gasteiger partial charge in [0.2, 0.25) is 0 Å². The van der Waals surface area contributed by atoms with Gasteiger partial charge in [-0.25, -0.2) is 0 Å². The first kappa shape index (κ1) is 21.8. The van der Waals surface area contributed by atoms with Crippen LogP contribution in [0, 0.1) is 36.5 Å². The maximum absolute atomic E-state index is 10.2. The zero-order valence-electron chi connectivity index (χ0n) is 21.5. The molecule has 0 saturated heterocycles. The van der Waals surface area contributed by atoms with Crippen molar-refractivity contribution in [3.63, 3.8) is 0 Å². The van der Waals surface area contributed by atoms with E-state index in [1.54, 1.807) is 0 Å². The number of fused-ring (bicyclic) bond motifs is 8. The number of rotatable bonds is 1. The summed E-state index contributed by atoms with van der Waals surface area (Å²) in [5, 5.41) is 24.9. The van der Waals surface area contributed by atoms with Gasteiger partial charge in [-0.2, -0.15) is 10.5 Å². The van der Waals surface area contributed by atoms with Crippen molar-refractivity contribution in [1.29, 1.82) is 10.5 Å². The second-order valence-corrected chi connectivity index (χ2v) is 10.6. The Labute approximate surface area is 225 Å². The monoisotopic (exact) mass is 496 g/mol. The number of aryl methyl sites for hydroxylation is 2. The highest BCUT2D eigenvalue weighted by atomic mass is 15.0. The molecule has 0 spiro atoms. The zero-order valence-corrected chi connectivity index (χ0v) is 21.5. The van der Waals surface area contributed by atoms with E-state index in [4.69, 9.17) is 0 Å². The van der Waals surface area contributed by atoms with E-state index in [1.165, 1.54) is 38.4 Å². The van der Waals surface area contributed by atoms with Gasteiger partial charge < -0.3 is 9.05 Å². The molecule has 0 saturated carbocycles. The molecule has 4 nitrogen and oxygen atoms in total. The Hall–Kier alpha value is -5.26. The summed E-state index contributed by atoms with van der Waals surface area (Å²) in [5.74, 6) is 0. The van der Waals surface area contributed by atoms with Gasteiger partial charge >= 0.3 is 6.85 Å². The molecule has 0 aliphatic carbocycles. The third kappa shape index (κ3) is 2.72. The normalized spacial score (nSPS) is 12.3. The molecule has 5 aromatic carbocycles. The highest BCUT2D eigenvalue weighted by Gasteiger charge is 2.37. The van der Waals surface area contributed by atoms with Crippen LogP contribution in [-0.4, -0.2) is 15.9 Å². The molecular weight excluding hydrogens is 475 g/mol. The molecule has 0 N–H and O–H groups in total. The van der Waals surface area contributed by atoms with E-state index in [-0.39, 0.29) is 6.85 Å². The molecule has 5 heteroatoms. The Morgan fingerprint density at radius 1 is 0.590 bits per heavy atom. The number of nitrogens with zero attached hydrogens (tertiary/aromatic N) is 4. The minimum absolute atomic E-state index is 0.217. The van der Waals surface area contributed by atoms with E-state index in [2.05, 4.69) is 102 Å². The standard InChI is InChI=1S/C34H21BN4/c1-20-13-14-30-26(15-20)27-16-21(2)17-29-34(27)38(30)31-12-4-3-11-28(31)35(29)39-32-22(18-36)7-5-9-24(32)25-10-6-8-23(19-37)33(25)39/h3-17H,1-2H3. The minimum atomic E-state index is -0.217.